The van der Waals surface area contributed by atoms with Crippen molar-refractivity contribution >= 4 is 44.1 Å². The van der Waals surface area contributed by atoms with Gasteiger partial charge in [-0.2, -0.15) is 0 Å². The van der Waals surface area contributed by atoms with Crippen LogP contribution < -0.4 is 18.9 Å². The number of unbranched alkanes of at least 4 members (excludes halogenated alkanes) is 52. The lowest BCUT2D eigenvalue weighted by molar-refractivity contribution is 0.0160. The summed E-state index contributed by atoms with van der Waals surface area (Å²) in [6.07, 6.45) is 76.8. The lowest BCUT2D eigenvalue weighted by atomic mass is 9.94. The van der Waals surface area contributed by atoms with E-state index >= 15 is 0 Å². The van der Waals surface area contributed by atoms with Gasteiger partial charge in [-0.3, -0.25) is 0 Å². The number of benzene rings is 4. The molecule has 2 N–H and O–H groups in total. The van der Waals surface area contributed by atoms with E-state index in [4.69, 9.17) is 106 Å². The molecule has 2 aliphatic rings. The first-order valence-electron chi connectivity index (χ1n) is 59.9. The Bertz CT molecular complexity index is 4150. The molecule has 0 atom stereocenters. The van der Waals surface area contributed by atoms with Crippen LogP contribution in [0.5, 0.6) is 23.0 Å². The van der Waals surface area contributed by atoms with Gasteiger partial charge in [-0.1, -0.05) is 362 Å². The van der Waals surface area contributed by atoms with Crippen molar-refractivity contribution in [3.8, 4) is 68.5 Å². The molecule has 0 aliphatic carbocycles. The van der Waals surface area contributed by atoms with Crippen molar-refractivity contribution in [3.05, 3.63) is 70.8 Å². The summed E-state index contributed by atoms with van der Waals surface area (Å²) in [6.45, 7) is 18.6. The van der Waals surface area contributed by atoms with E-state index < -0.39 is 0 Å². The first-order valence-corrected chi connectivity index (χ1v) is 59.9. The number of aromatic nitrogens is 8. The van der Waals surface area contributed by atoms with E-state index in [9.17, 15) is 0 Å². The molecule has 2 aliphatic heterocycles. The van der Waals surface area contributed by atoms with E-state index in [0.29, 0.717) is 201 Å². The van der Waals surface area contributed by atoms with Gasteiger partial charge in [-0.05, 0) is 122 Å². The Hall–Kier alpha value is -7.04. The Morgan fingerprint density at radius 3 is 0.480 bits per heavy atom. The van der Waals surface area contributed by atoms with Gasteiger partial charge >= 0.3 is 0 Å². The van der Waals surface area contributed by atoms with E-state index in [1.807, 2.05) is 24.3 Å². The fraction of sp³-hybridized carbons (Fsp3) is 0.742. The van der Waals surface area contributed by atoms with Crippen molar-refractivity contribution in [2.45, 2.75) is 413 Å². The van der Waals surface area contributed by atoms with E-state index in [-0.39, 0.29) is 26.4 Å². The van der Waals surface area contributed by atoms with Crippen LogP contribution in [0.1, 0.15) is 410 Å². The van der Waals surface area contributed by atoms with Gasteiger partial charge in [0.25, 0.3) is 0 Å². The average Bonchev–Trinajstić information content (AvgIpc) is 1.58. The first-order chi connectivity index (χ1) is 73.3. The molecule has 24 nitrogen and oxygen atoms in total. The molecule has 0 unspecified atom stereocenters. The Labute approximate surface area is 893 Å². The molecule has 4 aromatic carbocycles. The summed E-state index contributed by atoms with van der Waals surface area (Å²) in [5.74, 6) is 3.85. The maximum absolute atomic E-state index is 6.85. The summed E-state index contributed by atoms with van der Waals surface area (Å²) >= 11 is 0. The van der Waals surface area contributed by atoms with Crippen LogP contribution in [-0.4, -0.2) is 227 Å². The van der Waals surface area contributed by atoms with Crippen LogP contribution in [0.3, 0.4) is 0 Å². The minimum Gasteiger partial charge on any atom is -0.487 e. The van der Waals surface area contributed by atoms with Gasteiger partial charge in [0, 0.05) is 72.2 Å². The number of hydrogen-bond acceptors (Lipinski definition) is 22. The average molecular weight is 2060 g/mol. The SMILES string of the molecule is CCCCCCCCCCCCCCCCc1cc2c3nc4nc(nc5[nH]c(nc6nc(nc([nH]3)c2cc1CCCCCCCCCCCCCCCC)-c1cc(OCCOCCOCCOC)c(OCCOCCOCCOC)cc1-6)c1cc(CCCCCCCCCCCCCCCC)c(CCCCCCCCCCCCCCCC)cc51)-c1cc(OCCOCCOCCOC)c(OCCOCCOCCOC)cc1-4. The molecule has 8 bridgehead atoms. The standard InChI is InChI=1S/C124H202N8O16/c1-9-13-17-21-25-29-33-37-41-45-49-53-57-61-65-101-93-105-106(94-102(101)66-62-58-54-50-46-42-38-34-30-26-22-18-14-10-2)118-125-117(105)127-121-109-97-113(145-89-85-141-81-77-137-73-69-133-5)114(146-90-86-142-82-78-138-74-70-134-6)98-110(109)123(131-121)129-119-107-95-103(67-63-59-55-51-47-43-39-35-31-27-23-19-15-11-3)104(68-64-60-56-52-48-44-40-36-32-28-24-20-16-12-4)96-108(107)120(126-119)130-124-112-100-116(148-92-88-144-84-80-140-76-72-136-8)115(99-111(112)122(128-118)132-124)147-91-87-143-83-79-139-75-71-135-7/h93-100H,9-92H2,1-8H3,(H2,125,126,127,128,129,130,131,132). The Morgan fingerprint density at radius 2 is 0.318 bits per heavy atom. The summed E-state index contributed by atoms with van der Waals surface area (Å²) in [4.78, 5) is 42.5. The molecule has 0 amide bonds. The van der Waals surface area contributed by atoms with Crippen molar-refractivity contribution in [1.82, 2.24) is 39.9 Å². The minimum absolute atomic E-state index is 0.225. The molecule has 0 saturated carbocycles. The number of aryl methyl sites for hydroxylation is 4. The second-order valence-electron chi connectivity index (χ2n) is 41.3. The third kappa shape index (κ3) is 50.5. The van der Waals surface area contributed by atoms with Crippen molar-refractivity contribution in [3.63, 3.8) is 0 Å². The third-order valence-electron chi connectivity index (χ3n) is 29.0. The zero-order valence-electron chi connectivity index (χ0n) is 94.2. The molecule has 834 valence electrons. The highest BCUT2D eigenvalue weighted by atomic mass is 16.6. The Balaban J connectivity index is 1.22. The summed E-state index contributed by atoms with van der Waals surface area (Å²) in [5, 5.41) is 3.76. The summed E-state index contributed by atoms with van der Waals surface area (Å²) in [6, 6.07) is 17.8. The highest BCUT2D eigenvalue weighted by molar-refractivity contribution is 6.07. The summed E-state index contributed by atoms with van der Waals surface area (Å²) in [5.41, 5.74) is 10.8. The van der Waals surface area contributed by atoms with Crippen molar-refractivity contribution in [1.29, 1.82) is 0 Å². The second-order valence-corrected chi connectivity index (χ2v) is 41.3. The number of methoxy groups -OCH3 is 4. The number of rotatable bonds is 100. The monoisotopic (exact) mass is 2060 g/mol. The molecule has 9 rings (SSSR count). The van der Waals surface area contributed by atoms with Crippen LogP contribution in [0.15, 0.2) is 48.5 Å². The predicted molar refractivity (Wildman–Crippen MR) is 608 cm³/mol. The van der Waals surface area contributed by atoms with Crippen molar-refractivity contribution in [2.24, 2.45) is 0 Å². The summed E-state index contributed by atoms with van der Waals surface area (Å²) < 4.78 is 96.1. The molecular formula is C124H202N8O16. The second kappa shape index (κ2) is 82.5. The van der Waals surface area contributed by atoms with Gasteiger partial charge in [-0.25, -0.2) is 29.9 Å². The zero-order valence-corrected chi connectivity index (χ0v) is 94.2. The number of ether oxygens (including phenoxy) is 16. The summed E-state index contributed by atoms with van der Waals surface area (Å²) in [7, 11) is 6.70. The zero-order chi connectivity index (χ0) is 104. The molecule has 0 spiro atoms. The van der Waals surface area contributed by atoms with Crippen LogP contribution in [0.25, 0.3) is 89.7 Å². The maximum Gasteiger partial charge on any atom is 0.164 e. The third-order valence-corrected chi connectivity index (χ3v) is 29.0. The number of fused-ring (bicyclic) bond motifs is 20. The highest BCUT2D eigenvalue weighted by Crippen LogP contribution is 2.46. The van der Waals surface area contributed by atoms with Crippen molar-refractivity contribution in [2.75, 3.05) is 187 Å². The number of nitrogens with zero attached hydrogens (tertiary/aromatic N) is 6. The number of H-pyrrole nitrogens is 2. The maximum atomic E-state index is 6.85. The molecule has 7 aromatic rings. The van der Waals surface area contributed by atoms with Gasteiger partial charge in [-0.15, -0.1) is 0 Å². The van der Waals surface area contributed by atoms with Gasteiger partial charge in [0.15, 0.2) is 46.3 Å². The predicted octanol–water partition coefficient (Wildman–Crippen LogP) is 31.2. The number of hydrogen-bond donors (Lipinski definition) is 2. The Kier molecular flexibility index (Phi) is 69.4. The molecular weight excluding hydrogens is 1860 g/mol. The van der Waals surface area contributed by atoms with Gasteiger partial charge in [0.1, 0.15) is 49.0 Å². The van der Waals surface area contributed by atoms with Crippen LogP contribution in [0.2, 0.25) is 0 Å². The van der Waals surface area contributed by atoms with E-state index in [1.54, 1.807) is 28.4 Å². The van der Waals surface area contributed by atoms with Gasteiger partial charge in [0.2, 0.25) is 0 Å². The van der Waals surface area contributed by atoms with Gasteiger partial charge < -0.3 is 85.8 Å². The quantitative estimate of drug-likeness (QED) is 0.0336. The van der Waals surface area contributed by atoms with Crippen LogP contribution in [-0.2, 0) is 82.5 Å². The highest BCUT2D eigenvalue weighted by Gasteiger charge is 2.29. The minimum atomic E-state index is 0.225. The number of nitrogens with one attached hydrogen (secondary N) is 2. The van der Waals surface area contributed by atoms with E-state index in [2.05, 4.69) is 61.9 Å². The van der Waals surface area contributed by atoms with Gasteiger partial charge in [0.05, 0.1) is 132 Å². The fourth-order valence-corrected chi connectivity index (χ4v) is 20.2. The molecule has 5 heterocycles. The molecule has 148 heavy (non-hydrogen) atoms. The van der Waals surface area contributed by atoms with Crippen LogP contribution in [0.4, 0.5) is 0 Å². The lowest BCUT2D eigenvalue weighted by Gasteiger charge is -2.15. The normalized spacial score (nSPS) is 11.9. The molecule has 0 saturated heterocycles. The smallest absolute Gasteiger partial charge is 0.164 e. The largest absolute Gasteiger partial charge is 0.487 e. The van der Waals surface area contributed by atoms with Crippen LogP contribution in [0, 0.1) is 0 Å². The number of aromatic amines is 2. The van der Waals surface area contributed by atoms with E-state index in [1.165, 1.54) is 356 Å². The van der Waals surface area contributed by atoms with E-state index in [0.717, 1.165) is 95.2 Å². The molecule has 0 fully saturated rings. The molecule has 24 heteroatoms. The first kappa shape index (κ1) is 124. The lowest BCUT2D eigenvalue weighted by Crippen LogP contribution is -2.14. The van der Waals surface area contributed by atoms with Crippen molar-refractivity contribution < 1.29 is 75.8 Å². The molecule has 0 radical (unpaired) electrons. The molecule has 3 aromatic heterocycles. The topological polar surface area (TPSA) is 257 Å². The Morgan fingerprint density at radius 1 is 0.169 bits per heavy atom. The fourth-order valence-electron chi connectivity index (χ4n) is 20.2. The van der Waals surface area contributed by atoms with Crippen LogP contribution >= 0.6 is 0 Å².